The van der Waals surface area contributed by atoms with E-state index in [4.69, 9.17) is 10.2 Å². The molecule has 0 radical (unpaired) electrons. The molecule has 0 atom stereocenters. The molecule has 0 aliphatic heterocycles. The summed E-state index contributed by atoms with van der Waals surface area (Å²) in [6.07, 6.45) is 1.40. The Bertz CT molecular complexity index is 365. The Morgan fingerprint density at radius 1 is 1.06 bits per heavy atom. The average molecular weight is 241 g/mol. The molecule has 0 bridgehead atoms. The Balaban J connectivity index is 5.57. The van der Waals surface area contributed by atoms with Crippen LogP contribution < -0.4 is 0 Å². The van der Waals surface area contributed by atoms with E-state index in [-0.39, 0.29) is 11.1 Å². The molecule has 0 heterocycles. The van der Waals surface area contributed by atoms with Gasteiger partial charge in [0.25, 0.3) is 0 Å². The van der Waals surface area contributed by atoms with Gasteiger partial charge in [-0.2, -0.15) is 0 Å². The molecule has 0 fully saturated rings. The lowest BCUT2D eigenvalue weighted by Crippen LogP contribution is -2.24. The molecule has 2 N–H and O–H groups in total. The van der Waals surface area contributed by atoms with E-state index in [0.29, 0.717) is 18.8 Å². The fourth-order valence-electron chi connectivity index (χ4n) is 1.38. The van der Waals surface area contributed by atoms with Crippen LogP contribution in [0.3, 0.4) is 0 Å². The highest BCUT2D eigenvalue weighted by molar-refractivity contribution is 5.89. The van der Waals surface area contributed by atoms with Gasteiger partial charge in [-0.1, -0.05) is 0 Å². The van der Waals surface area contributed by atoms with Crippen LogP contribution in [0.4, 0.5) is 0 Å². The summed E-state index contributed by atoms with van der Waals surface area (Å²) < 4.78 is 0. The van der Waals surface area contributed by atoms with Crippen molar-refractivity contribution in [2.45, 2.75) is 27.7 Å². The number of nitrogens with zero attached hydrogens (tertiary/aromatic N) is 1. The number of allylic oxidation sites excluding steroid dienone is 1. The van der Waals surface area contributed by atoms with Crippen LogP contribution in [0.15, 0.2) is 22.9 Å². The minimum atomic E-state index is -1.05. The largest absolute Gasteiger partial charge is 0.478 e. The van der Waals surface area contributed by atoms with E-state index in [1.54, 1.807) is 0 Å². The van der Waals surface area contributed by atoms with Crippen molar-refractivity contribution in [1.82, 2.24) is 4.90 Å². The minimum Gasteiger partial charge on any atom is -0.478 e. The smallest absolute Gasteiger partial charge is 0.333 e. The van der Waals surface area contributed by atoms with E-state index in [9.17, 15) is 9.59 Å². The zero-order chi connectivity index (χ0) is 13.6. The summed E-state index contributed by atoms with van der Waals surface area (Å²) in [5.41, 5.74) is 0.712. The molecular weight excluding hydrogens is 222 g/mol. The molecule has 0 rings (SSSR count). The highest BCUT2D eigenvalue weighted by atomic mass is 16.4. The van der Waals surface area contributed by atoms with Crippen molar-refractivity contribution >= 4 is 11.9 Å². The van der Waals surface area contributed by atoms with Gasteiger partial charge in [0, 0.05) is 24.4 Å². The van der Waals surface area contributed by atoms with E-state index in [0.717, 1.165) is 0 Å². The lowest BCUT2D eigenvalue weighted by atomic mass is 10.1. The molecule has 5 heteroatoms. The number of carboxylic acid groups (broad SMARTS) is 2. The first kappa shape index (κ1) is 15.2. The molecule has 0 aromatic heterocycles. The first-order chi connectivity index (χ1) is 7.84. The monoisotopic (exact) mass is 241 g/mol. The van der Waals surface area contributed by atoms with Gasteiger partial charge >= 0.3 is 11.9 Å². The summed E-state index contributed by atoms with van der Waals surface area (Å²) in [5, 5.41) is 17.8. The number of carboxylic acids is 2. The first-order valence-corrected chi connectivity index (χ1v) is 5.45. The molecule has 0 aliphatic rings. The summed E-state index contributed by atoms with van der Waals surface area (Å²) in [6.45, 7) is 7.95. The Morgan fingerprint density at radius 3 is 1.82 bits per heavy atom. The summed E-state index contributed by atoms with van der Waals surface area (Å²) in [6, 6.07) is 0. The van der Waals surface area contributed by atoms with Crippen LogP contribution >= 0.6 is 0 Å². The Morgan fingerprint density at radius 2 is 1.53 bits per heavy atom. The predicted molar refractivity (Wildman–Crippen MR) is 64.6 cm³/mol. The minimum absolute atomic E-state index is 0.118. The second kappa shape index (κ2) is 6.73. The molecule has 0 unspecified atom stereocenters. The fraction of sp³-hybridized carbons (Fsp3) is 0.500. The Labute approximate surface area is 101 Å². The Hall–Kier alpha value is -1.78. The van der Waals surface area contributed by atoms with Gasteiger partial charge < -0.3 is 15.1 Å². The van der Waals surface area contributed by atoms with Gasteiger partial charge in [-0.3, -0.25) is 0 Å². The third-order valence-electron chi connectivity index (χ3n) is 2.50. The van der Waals surface area contributed by atoms with Crippen LogP contribution in [-0.4, -0.2) is 40.1 Å². The third kappa shape index (κ3) is 4.30. The standard InChI is InChI=1S/C12H19NO4/c1-5-13(6-2)10(9(4)12(16)17)7-8(3)11(14)15/h7H,5-6H2,1-4H3,(H,14,15)(H,16,17). The van der Waals surface area contributed by atoms with Crippen LogP contribution in [0.2, 0.25) is 0 Å². The summed E-state index contributed by atoms with van der Waals surface area (Å²) >= 11 is 0. The fourth-order valence-corrected chi connectivity index (χ4v) is 1.38. The van der Waals surface area contributed by atoms with Crippen LogP contribution in [0.1, 0.15) is 27.7 Å². The van der Waals surface area contributed by atoms with Crippen molar-refractivity contribution < 1.29 is 19.8 Å². The van der Waals surface area contributed by atoms with Gasteiger partial charge in [-0.25, -0.2) is 9.59 Å². The lowest BCUT2D eigenvalue weighted by molar-refractivity contribution is -0.133. The molecule has 0 aromatic carbocycles. The first-order valence-electron chi connectivity index (χ1n) is 5.45. The van der Waals surface area contributed by atoms with Crippen LogP contribution in [0.25, 0.3) is 0 Å². The normalized spacial score (nSPS) is 13.1. The van der Waals surface area contributed by atoms with E-state index < -0.39 is 11.9 Å². The number of hydrogen-bond donors (Lipinski definition) is 2. The maximum Gasteiger partial charge on any atom is 0.333 e. The Kier molecular flexibility index (Phi) is 6.02. The van der Waals surface area contributed by atoms with E-state index in [1.807, 2.05) is 18.7 Å². The molecule has 0 saturated carbocycles. The van der Waals surface area contributed by atoms with Crippen molar-refractivity contribution in [3.63, 3.8) is 0 Å². The zero-order valence-corrected chi connectivity index (χ0v) is 10.6. The number of rotatable bonds is 6. The lowest BCUT2D eigenvalue weighted by Gasteiger charge is -2.23. The van der Waals surface area contributed by atoms with E-state index in [1.165, 1.54) is 19.9 Å². The second-order valence-electron chi connectivity index (χ2n) is 3.62. The van der Waals surface area contributed by atoms with Crippen LogP contribution in [-0.2, 0) is 9.59 Å². The van der Waals surface area contributed by atoms with Crippen molar-refractivity contribution in [2.75, 3.05) is 13.1 Å². The molecule has 0 aromatic rings. The van der Waals surface area contributed by atoms with E-state index >= 15 is 0 Å². The molecule has 5 nitrogen and oxygen atoms in total. The molecule has 0 amide bonds. The molecule has 17 heavy (non-hydrogen) atoms. The number of carbonyl (C=O) groups is 2. The average Bonchev–Trinajstić information content (AvgIpc) is 2.27. The molecule has 0 spiro atoms. The number of hydrogen-bond acceptors (Lipinski definition) is 3. The van der Waals surface area contributed by atoms with E-state index in [2.05, 4.69) is 0 Å². The van der Waals surface area contributed by atoms with Crippen LogP contribution in [0, 0.1) is 0 Å². The third-order valence-corrected chi connectivity index (χ3v) is 2.50. The van der Waals surface area contributed by atoms with Gasteiger partial charge in [0.05, 0.1) is 5.57 Å². The van der Waals surface area contributed by atoms with Crippen molar-refractivity contribution in [2.24, 2.45) is 0 Å². The van der Waals surface area contributed by atoms with Gasteiger partial charge in [-0.05, 0) is 33.8 Å². The number of likely N-dealkylation sites (N-methyl/N-ethyl adjacent to an activating group) is 1. The quantitative estimate of drug-likeness (QED) is 0.547. The second-order valence-corrected chi connectivity index (χ2v) is 3.62. The molecular formula is C12H19NO4. The van der Waals surface area contributed by atoms with Gasteiger partial charge in [0.15, 0.2) is 0 Å². The topological polar surface area (TPSA) is 77.8 Å². The van der Waals surface area contributed by atoms with Crippen LogP contribution in [0.5, 0.6) is 0 Å². The van der Waals surface area contributed by atoms with Crippen molar-refractivity contribution in [1.29, 1.82) is 0 Å². The summed E-state index contributed by atoms with van der Waals surface area (Å²) in [5.74, 6) is -2.09. The summed E-state index contributed by atoms with van der Waals surface area (Å²) in [4.78, 5) is 23.6. The predicted octanol–water partition coefficient (Wildman–Crippen LogP) is 1.72. The number of aliphatic carboxylic acids is 2. The van der Waals surface area contributed by atoms with Gasteiger partial charge in [-0.15, -0.1) is 0 Å². The summed E-state index contributed by atoms with van der Waals surface area (Å²) in [7, 11) is 0. The van der Waals surface area contributed by atoms with Crippen molar-refractivity contribution in [3.05, 3.63) is 22.9 Å². The molecule has 96 valence electrons. The molecule has 0 aliphatic carbocycles. The highest BCUT2D eigenvalue weighted by Crippen LogP contribution is 2.14. The van der Waals surface area contributed by atoms with Crippen molar-refractivity contribution in [3.8, 4) is 0 Å². The molecule has 0 saturated heterocycles. The maximum atomic E-state index is 11.0. The SMILES string of the molecule is CCN(CC)C(C=C(C)C(=O)O)=C(C)C(=O)O. The zero-order valence-electron chi connectivity index (χ0n) is 10.6. The highest BCUT2D eigenvalue weighted by Gasteiger charge is 2.14. The van der Waals surface area contributed by atoms with Gasteiger partial charge in [0.2, 0.25) is 0 Å². The maximum absolute atomic E-state index is 11.0. The van der Waals surface area contributed by atoms with Gasteiger partial charge in [0.1, 0.15) is 0 Å².